The Bertz CT molecular complexity index is 439. The van der Waals surface area contributed by atoms with Crippen LogP contribution in [0.1, 0.15) is 68.9 Å². The molecule has 0 spiro atoms. The molecule has 1 aromatic carbocycles. The first kappa shape index (κ1) is 15.1. The molecule has 21 heavy (non-hydrogen) atoms. The van der Waals surface area contributed by atoms with Gasteiger partial charge in [0, 0.05) is 6.04 Å². The maximum Gasteiger partial charge on any atom is 0.00787 e. The van der Waals surface area contributed by atoms with Gasteiger partial charge in [-0.25, -0.2) is 0 Å². The van der Waals surface area contributed by atoms with Crippen LogP contribution in [-0.4, -0.2) is 12.6 Å². The summed E-state index contributed by atoms with van der Waals surface area (Å²) in [5.74, 6) is 2.79. The zero-order chi connectivity index (χ0) is 14.7. The van der Waals surface area contributed by atoms with Crippen molar-refractivity contribution in [3.63, 3.8) is 0 Å². The van der Waals surface area contributed by atoms with E-state index in [1.54, 1.807) is 5.56 Å². The summed E-state index contributed by atoms with van der Waals surface area (Å²) in [4.78, 5) is 0. The zero-order valence-corrected chi connectivity index (χ0v) is 13.8. The predicted molar refractivity (Wildman–Crippen MR) is 90.7 cm³/mol. The van der Waals surface area contributed by atoms with Gasteiger partial charge >= 0.3 is 0 Å². The molecule has 2 aliphatic carbocycles. The minimum absolute atomic E-state index is 0.775. The largest absolute Gasteiger partial charge is 0.314 e. The van der Waals surface area contributed by atoms with Gasteiger partial charge in [0.25, 0.3) is 0 Å². The molecule has 0 saturated heterocycles. The second-order valence-electron chi connectivity index (χ2n) is 7.59. The Morgan fingerprint density at radius 2 is 1.76 bits per heavy atom. The first-order chi connectivity index (χ1) is 10.2. The van der Waals surface area contributed by atoms with Gasteiger partial charge in [0.15, 0.2) is 0 Å². The van der Waals surface area contributed by atoms with Crippen molar-refractivity contribution in [2.45, 2.75) is 70.8 Å². The molecule has 1 nitrogen and oxygen atoms in total. The van der Waals surface area contributed by atoms with Crippen LogP contribution in [0, 0.1) is 18.8 Å². The third kappa shape index (κ3) is 3.88. The average Bonchev–Trinajstić information content (AvgIpc) is 2.45. The van der Waals surface area contributed by atoms with Gasteiger partial charge in [-0.05, 0) is 61.6 Å². The van der Waals surface area contributed by atoms with Crippen LogP contribution in [0.15, 0.2) is 24.3 Å². The summed E-state index contributed by atoms with van der Waals surface area (Å²) in [6.07, 6.45) is 9.95. The van der Waals surface area contributed by atoms with Crippen molar-refractivity contribution in [1.82, 2.24) is 5.32 Å². The highest BCUT2D eigenvalue weighted by Crippen LogP contribution is 2.38. The van der Waals surface area contributed by atoms with Crippen molar-refractivity contribution in [3.8, 4) is 0 Å². The molecule has 0 bridgehead atoms. The summed E-state index contributed by atoms with van der Waals surface area (Å²) in [5.41, 5.74) is 3.05. The molecular weight excluding hydrogens is 254 g/mol. The second kappa shape index (κ2) is 6.96. The molecule has 2 aliphatic rings. The molecule has 1 heteroatoms. The van der Waals surface area contributed by atoms with E-state index in [0.717, 1.165) is 23.8 Å². The van der Waals surface area contributed by atoms with Crippen LogP contribution in [0.3, 0.4) is 0 Å². The number of rotatable bonds is 5. The van der Waals surface area contributed by atoms with Gasteiger partial charge in [-0.3, -0.25) is 0 Å². The molecule has 0 unspecified atom stereocenters. The number of hydrogen-bond donors (Lipinski definition) is 1. The lowest BCUT2D eigenvalue weighted by Gasteiger charge is -2.37. The second-order valence-corrected chi connectivity index (χ2v) is 7.59. The van der Waals surface area contributed by atoms with Crippen molar-refractivity contribution >= 4 is 0 Å². The van der Waals surface area contributed by atoms with Gasteiger partial charge in [-0.2, -0.15) is 0 Å². The van der Waals surface area contributed by atoms with E-state index >= 15 is 0 Å². The molecule has 0 aliphatic heterocycles. The van der Waals surface area contributed by atoms with Crippen LogP contribution >= 0.6 is 0 Å². The van der Waals surface area contributed by atoms with Gasteiger partial charge in [0.2, 0.25) is 0 Å². The molecule has 1 aromatic rings. The standard InChI is InChI=1S/C20H31N/c1-15-7-9-17(10-8-15)11-12-21-19-13-18(14-19)20-6-4-3-5-16(20)2/h3-6,15,17-19,21H,7-14H2,1-2H3. The van der Waals surface area contributed by atoms with E-state index in [2.05, 4.69) is 43.4 Å². The highest BCUT2D eigenvalue weighted by Gasteiger charge is 2.30. The summed E-state index contributed by atoms with van der Waals surface area (Å²) < 4.78 is 0. The molecule has 3 rings (SSSR count). The summed E-state index contributed by atoms with van der Waals surface area (Å²) in [6.45, 7) is 5.90. The summed E-state index contributed by atoms with van der Waals surface area (Å²) in [7, 11) is 0. The zero-order valence-electron chi connectivity index (χ0n) is 13.8. The molecular formula is C20H31N. The first-order valence-electron chi connectivity index (χ1n) is 9.01. The number of hydrogen-bond acceptors (Lipinski definition) is 1. The maximum absolute atomic E-state index is 3.80. The van der Waals surface area contributed by atoms with E-state index in [-0.39, 0.29) is 0 Å². The first-order valence-corrected chi connectivity index (χ1v) is 9.01. The summed E-state index contributed by atoms with van der Waals surface area (Å²) >= 11 is 0. The third-order valence-corrected chi connectivity index (χ3v) is 5.89. The quantitative estimate of drug-likeness (QED) is 0.798. The summed E-state index contributed by atoms with van der Waals surface area (Å²) in [5, 5.41) is 3.80. The highest BCUT2D eigenvalue weighted by molar-refractivity contribution is 5.31. The highest BCUT2D eigenvalue weighted by atomic mass is 14.9. The molecule has 0 aromatic heterocycles. The molecule has 1 N–H and O–H groups in total. The van der Waals surface area contributed by atoms with E-state index in [0.29, 0.717) is 0 Å². The Morgan fingerprint density at radius 3 is 2.48 bits per heavy atom. The van der Waals surface area contributed by atoms with Gasteiger partial charge in [0.05, 0.1) is 0 Å². The monoisotopic (exact) mass is 285 g/mol. The van der Waals surface area contributed by atoms with Crippen molar-refractivity contribution in [1.29, 1.82) is 0 Å². The fourth-order valence-electron chi connectivity index (χ4n) is 4.19. The van der Waals surface area contributed by atoms with Crippen molar-refractivity contribution in [3.05, 3.63) is 35.4 Å². The van der Waals surface area contributed by atoms with Gasteiger partial charge in [-0.1, -0.05) is 56.9 Å². The molecule has 2 saturated carbocycles. The van der Waals surface area contributed by atoms with Crippen LogP contribution in [0.5, 0.6) is 0 Å². The van der Waals surface area contributed by atoms with E-state index < -0.39 is 0 Å². The lowest BCUT2D eigenvalue weighted by Crippen LogP contribution is -2.41. The van der Waals surface area contributed by atoms with Gasteiger partial charge in [0.1, 0.15) is 0 Å². The summed E-state index contributed by atoms with van der Waals surface area (Å²) in [6, 6.07) is 9.68. The van der Waals surface area contributed by atoms with Crippen LogP contribution in [0.2, 0.25) is 0 Å². The normalized spacial score (nSPS) is 32.7. The van der Waals surface area contributed by atoms with E-state index in [4.69, 9.17) is 0 Å². The Morgan fingerprint density at radius 1 is 1.05 bits per heavy atom. The predicted octanol–water partition coefficient (Wildman–Crippen LogP) is 5.05. The van der Waals surface area contributed by atoms with Crippen molar-refractivity contribution in [2.24, 2.45) is 11.8 Å². The fourth-order valence-corrected chi connectivity index (χ4v) is 4.19. The van der Waals surface area contributed by atoms with Gasteiger partial charge < -0.3 is 5.32 Å². The minimum atomic E-state index is 0.775. The molecule has 116 valence electrons. The number of nitrogens with one attached hydrogen (secondary N) is 1. The fraction of sp³-hybridized carbons (Fsp3) is 0.700. The minimum Gasteiger partial charge on any atom is -0.314 e. The average molecular weight is 285 g/mol. The van der Waals surface area contributed by atoms with E-state index in [1.807, 2.05) is 0 Å². The Kier molecular flexibility index (Phi) is 5.00. The Hall–Kier alpha value is -0.820. The lowest BCUT2D eigenvalue weighted by molar-refractivity contribution is 0.250. The van der Waals surface area contributed by atoms with Crippen LogP contribution in [-0.2, 0) is 0 Å². The maximum atomic E-state index is 3.80. The molecule has 0 heterocycles. The van der Waals surface area contributed by atoms with Crippen molar-refractivity contribution < 1.29 is 0 Å². The lowest BCUT2D eigenvalue weighted by atomic mass is 9.74. The van der Waals surface area contributed by atoms with E-state index in [9.17, 15) is 0 Å². The molecule has 0 atom stereocenters. The molecule has 2 fully saturated rings. The number of aryl methyl sites for hydroxylation is 1. The Balaban J connectivity index is 1.33. The van der Waals surface area contributed by atoms with Crippen LogP contribution in [0.4, 0.5) is 0 Å². The van der Waals surface area contributed by atoms with Crippen molar-refractivity contribution in [2.75, 3.05) is 6.54 Å². The third-order valence-electron chi connectivity index (χ3n) is 5.89. The van der Waals surface area contributed by atoms with Crippen LogP contribution < -0.4 is 5.32 Å². The number of benzene rings is 1. The smallest absolute Gasteiger partial charge is 0.00787 e. The van der Waals surface area contributed by atoms with E-state index in [1.165, 1.54) is 57.1 Å². The Labute approximate surface area is 130 Å². The van der Waals surface area contributed by atoms with Gasteiger partial charge in [-0.15, -0.1) is 0 Å². The molecule has 0 radical (unpaired) electrons. The molecule has 0 amide bonds. The topological polar surface area (TPSA) is 12.0 Å². The SMILES string of the molecule is Cc1ccccc1C1CC(NCCC2CCC(C)CC2)C1. The van der Waals surface area contributed by atoms with Crippen LogP contribution in [0.25, 0.3) is 0 Å².